The second kappa shape index (κ2) is 7.77. The van der Waals surface area contributed by atoms with Crippen molar-refractivity contribution in [2.24, 2.45) is 0 Å². The highest BCUT2D eigenvalue weighted by Crippen LogP contribution is 2.16. The summed E-state index contributed by atoms with van der Waals surface area (Å²) in [6, 6.07) is 0.797. The monoisotopic (exact) mass is 217 g/mol. The van der Waals surface area contributed by atoms with Gasteiger partial charge in [0, 0.05) is 24.1 Å². The Morgan fingerprint density at radius 2 is 2.23 bits per heavy atom. The van der Waals surface area contributed by atoms with Crippen molar-refractivity contribution >= 4 is 23.5 Å². The Morgan fingerprint density at radius 1 is 1.46 bits per heavy atom. The lowest BCUT2D eigenvalue weighted by atomic mass is 10.1. The SMILES string of the molecule is C=CCSCCNC1CCSCC1. The molecule has 1 heterocycles. The van der Waals surface area contributed by atoms with Gasteiger partial charge in [-0.1, -0.05) is 6.08 Å². The van der Waals surface area contributed by atoms with E-state index in [0.29, 0.717) is 0 Å². The molecule has 76 valence electrons. The molecule has 0 radical (unpaired) electrons. The van der Waals surface area contributed by atoms with E-state index < -0.39 is 0 Å². The second-order valence-corrected chi connectivity index (χ2v) is 5.58. The molecule has 0 aromatic carbocycles. The highest BCUT2D eigenvalue weighted by atomic mass is 32.2. The fourth-order valence-corrected chi connectivity index (χ4v) is 3.11. The largest absolute Gasteiger partial charge is 0.313 e. The van der Waals surface area contributed by atoms with Gasteiger partial charge < -0.3 is 5.32 Å². The zero-order valence-electron chi connectivity index (χ0n) is 8.13. The van der Waals surface area contributed by atoms with Crippen LogP contribution in [-0.4, -0.2) is 35.6 Å². The summed E-state index contributed by atoms with van der Waals surface area (Å²) in [5, 5.41) is 3.61. The fraction of sp³-hybridized carbons (Fsp3) is 0.800. The third-order valence-electron chi connectivity index (χ3n) is 2.14. The highest BCUT2D eigenvalue weighted by molar-refractivity contribution is 7.99. The Labute approximate surface area is 90.1 Å². The molecule has 1 saturated heterocycles. The van der Waals surface area contributed by atoms with Gasteiger partial charge in [-0.2, -0.15) is 23.5 Å². The first-order valence-corrected chi connectivity index (χ1v) is 7.24. The number of hydrogen-bond donors (Lipinski definition) is 1. The van der Waals surface area contributed by atoms with Crippen molar-refractivity contribution in [3.63, 3.8) is 0 Å². The first-order chi connectivity index (χ1) is 6.43. The van der Waals surface area contributed by atoms with Crippen molar-refractivity contribution in [2.75, 3.05) is 29.6 Å². The first kappa shape index (κ1) is 11.5. The fourth-order valence-electron chi connectivity index (χ4n) is 1.40. The Morgan fingerprint density at radius 3 is 2.92 bits per heavy atom. The molecule has 3 heteroatoms. The van der Waals surface area contributed by atoms with Gasteiger partial charge in [-0.25, -0.2) is 0 Å². The Bertz CT molecular complexity index is 133. The third-order valence-corrected chi connectivity index (χ3v) is 4.15. The van der Waals surface area contributed by atoms with Gasteiger partial charge in [-0.05, 0) is 24.3 Å². The van der Waals surface area contributed by atoms with Crippen LogP contribution >= 0.6 is 23.5 Å². The molecule has 1 nitrogen and oxygen atoms in total. The quantitative estimate of drug-likeness (QED) is 0.542. The van der Waals surface area contributed by atoms with E-state index in [1.54, 1.807) is 0 Å². The van der Waals surface area contributed by atoms with E-state index >= 15 is 0 Å². The van der Waals surface area contributed by atoms with Gasteiger partial charge in [0.05, 0.1) is 0 Å². The maximum atomic E-state index is 3.70. The Kier molecular flexibility index (Phi) is 6.86. The normalized spacial score (nSPS) is 18.8. The van der Waals surface area contributed by atoms with Gasteiger partial charge in [0.2, 0.25) is 0 Å². The van der Waals surface area contributed by atoms with E-state index in [-0.39, 0.29) is 0 Å². The van der Waals surface area contributed by atoms with Crippen molar-refractivity contribution in [3.05, 3.63) is 12.7 Å². The van der Waals surface area contributed by atoms with Crippen molar-refractivity contribution in [3.8, 4) is 0 Å². The molecule has 0 aliphatic carbocycles. The number of rotatable bonds is 6. The Hall–Kier alpha value is 0.400. The molecule has 1 aliphatic rings. The molecule has 0 spiro atoms. The minimum atomic E-state index is 0.797. The first-order valence-electron chi connectivity index (χ1n) is 4.93. The molecule has 0 saturated carbocycles. The molecule has 0 bridgehead atoms. The van der Waals surface area contributed by atoms with Crippen LogP contribution in [0.25, 0.3) is 0 Å². The van der Waals surface area contributed by atoms with Gasteiger partial charge in [0.1, 0.15) is 0 Å². The standard InChI is InChI=1S/C10H19NS2/c1-2-6-12-9-5-11-10-3-7-13-8-4-10/h2,10-11H,1,3-9H2. The topological polar surface area (TPSA) is 12.0 Å². The van der Waals surface area contributed by atoms with Crippen LogP contribution in [0.5, 0.6) is 0 Å². The molecular weight excluding hydrogens is 198 g/mol. The van der Waals surface area contributed by atoms with Crippen LogP contribution in [0.2, 0.25) is 0 Å². The maximum Gasteiger partial charge on any atom is 0.0111 e. The Balaban J connectivity index is 1.89. The lowest BCUT2D eigenvalue weighted by molar-refractivity contribution is 0.499. The highest BCUT2D eigenvalue weighted by Gasteiger charge is 2.11. The van der Waals surface area contributed by atoms with Crippen LogP contribution in [0.3, 0.4) is 0 Å². The van der Waals surface area contributed by atoms with Gasteiger partial charge in [0.15, 0.2) is 0 Å². The zero-order valence-corrected chi connectivity index (χ0v) is 9.76. The summed E-state index contributed by atoms with van der Waals surface area (Å²) in [4.78, 5) is 0. The van der Waals surface area contributed by atoms with E-state index in [1.165, 1.54) is 30.1 Å². The van der Waals surface area contributed by atoms with Crippen molar-refractivity contribution in [1.82, 2.24) is 5.32 Å². The molecule has 1 fully saturated rings. The summed E-state index contributed by atoms with van der Waals surface area (Å²) < 4.78 is 0. The minimum Gasteiger partial charge on any atom is -0.313 e. The molecule has 0 aromatic heterocycles. The summed E-state index contributed by atoms with van der Waals surface area (Å²) >= 11 is 4.04. The third kappa shape index (κ3) is 5.66. The van der Waals surface area contributed by atoms with E-state index in [9.17, 15) is 0 Å². The average molecular weight is 217 g/mol. The van der Waals surface area contributed by atoms with Crippen molar-refractivity contribution in [1.29, 1.82) is 0 Å². The van der Waals surface area contributed by atoms with E-state index in [1.807, 2.05) is 17.8 Å². The maximum absolute atomic E-state index is 3.70. The molecule has 0 aromatic rings. The smallest absolute Gasteiger partial charge is 0.0111 e. The molecule has 1 aliphatic heterocycles. The predicted molar refractivity (Wildman–Crippen MR) is 65.9 cm³/mol. The van der Waals surface area contributed by atoms with E-state index in [4.69, 9.17) is 0 Å². The van der Waals surface area contributed by atoms with E-state index in [2.05, 4.69) is 23.7 Å². The van der Waals surface area contributed by atoms with Crippen LogP contribution in [0.4, 0.5) is 0 Å². The van der Waals surface area contributed by atoms with Gasteiger partial charge in [0.25, 0.3) is 0 Å². The van der Waals surface area contributed by atoms with Crippen LogP contribution in [-0.2, 0) is 0 Å². The summed E-state index contributed by atoms with van der Waals surface area (Å²) in [5.74, 6) is 4.99. The van der Waals surface area contributed by atoms with Gasteiger partial charge in [-0.3, -0.25) is 0 Å². The van der Waals surface area contributed by atoms with Gasteiger partial charge >= 0.3 is 0 Å². The van der Waals surface area contributed by atoms with Crippen LogP contribution in [0.1, 0.15) is 12.8 Å². The molecule has 0 unspecified atom stereocenters. The van der Waals surface area contributed by atoms with Crippen molar-refractivity contribution in [2.45, 2.75) is 18.9 Å². The average Bonchev–Trinajstić information content (AvgIpc) is 2.19. The second-order valence-electron chi connectivity index (χ2n) is 3.20. The molecule has 0 amide bonds. The van der Waals surface area contributed by atoms with Crippen molar-refractivity contribution < 1.29 is 0 Å². The minimum absolute atomic E-state index is 0.797. The lowest BCUT2D eigenvalue weighted by Gasteiger charge is -2.22. The molecule has 1 N–H and O–H groups in total. The molecule has 1 rings (SSSR count). The van der Waals surface area contributed by atoms with Gasteiger partial charge in [-0.15, -0.1) is 6.58 Å². The number of nitrogens with one attached hydrogen (secondary N) is 1. The van der Waals surface area contributed by atoms with Crippen LogP contribution in [0.15, 0.2) is 12.7 Å². The predicted octanol–water partition coefficient (Wildman–Crippen LogP) is 2.39. The number of thioether (sulfide) groups is 2. The molecule has 13 heavy (non-hydrogen) atoms. The molecule has 0 atom stereocenters. The summed E-state index contributed by atoms with van der Waals surface area (Å²) in [7, 11) is 0. The summed E-state index contributed by atoms with van der Waals surface area (Å²) in [6.07, 6.45) is 4.69. The lowest BCUT2D eigenvalue weighted by Crippen LogP contribution is -2.34. The zero-order chi connectivity index (χ0) is 9.36. The number of hydrogen-bond acceptors (Lipinski definition) is 3. The summed E-state index contributed by atoms with van der Waals surface area (Å²) in [6.45, 7) is 4.86. The molecular formula is C10H19NS2. The summed E-state index contributed by atoms with van der Waals surface area (Å²) in [5.41, 5.74) is 0. The van der Waals surface area contributed by atoms with E-state index in [0.717, 1.165) is 18.3 Å². The van der Waals surface area contributed by atoms with Crippen LogP contribution < -0.4 is 5.32 Å². The van der Waals surface area contributed by atoms with Crippen LogP contribution in [0, 0.1) is 0 Å².